The Morgan fingerprint density at radius 2 is 1.71 bits per heavy atom. The van der Waals surface area contributed by atoms with Crippen molar-refractivity contribution in [3.63, 3.8) is 0 Å². The van der Waals surface area contributed by atoms with Crippen LogP contribution in [0.15, 0.2) is 71.5 Å². The number of rotatable bonds is 4. The van der Waals surface area contributed by atoms with Crippen LogP contribution in [0.3, 0.4) is 0 Å². The van der Waals surface area contributed by atoms with Gasteiger partial charge in [0.25, 0.3) is 5.56 Å². The Hall–Kier alpha value is -3.97. The molecular formula is C24H20N4O3. The maximum Gasteiger partial charge on any atom is 0.272 e. The van der Waals surface area contributed by atoms with E-state index in [0.29, 0.717) is 10.9 Å². The van der Waals surface area contributed by atoms with Gasteiger partial charge in [0.15, 0.2) is 0 Å². The van der Waals surface area contributed by atoms with Gasteiger partial charge in [-0.05, 0) is 41.0 Å². The van der Waals surface area contributed by atoms with E-state index in [1.165, 1.54) is 0 Å². The van der Waals surface area contributed by atoms with Gasteiger partial charge in [0.2, 0.25) is 5.91 Å². The molecule has 2 unspecified atom stereocenters. The molecule has 5 N–H and O–H groups in total. The molecule has 31 heavy (non-hydrogen) atoms. The molecule has 0 spiro atoms. The zero-order chi connectivity index (χ0) is 21.5. The molecule has 0 saturated carbocycles. The number of aliphatic hydroxyl groups is 1. The normalized spacial score (nSPS) is 17.3. The van der Waals surface area contributed by atoms with Crippen LogP contribution in [0.4, 0.5) is 5.69 Å². The monoisotopic (exact) mass is 412 g/mol. The van der Waals surface area contributed by atoms with Gasteiger partial charge in [0, 0.05) is 16.6 Å². The van der Waals surface area contributed by atoms with Crippen LogP contribution in [0.1, 0.15) is 44.7 Å². The molecule has 1 aliphatic heterocycles. The number of aromatic nitrogens is 2. The number of hydrogen-bond donors (Lipinski definition) is 4. The second-order valence-electron chi connectivity index (χ2n) is 7.65. The Morgan fingerprint density at radius 1 is 1.00 bits per heavy atom. The minimum Gasteiger partial charge on any atom is -0.392 e. The van der Waals surface area contributed by atoms with Gasteiger partial charge in [-0.15, -0.1) is 0 Å². The fourth-order valence-corrected chi connectivity index (χ4v) is 4.31. The smallest absolute Gasteiger partial charge is 0.272 e. The number of carbonyl (C=O) groups excluding carboxylic acids is 1. The van der Waals surface area contributed by atoms with E-state index in [-0.39, 0.29) is 24.1 Å². The van der Waals surface area contributed by atoms with Crippen LogP contribution in [0.25, 0.3) is 10.8 Å². The number of nitrogens with zero attached hydrogens (tertiary/aromatic N) is 1. The zero-order valence-electron chi connectivity index (χ0n) is 16.5. The standard InChI is InChI=1S/C24H20N4O3/c25-23(30)16-10-8-14(9-11-16)19-21(15-6-4-13(12-29)5-7-15)26-18-3-1-2-17-20(18)22(19)27-28-24(17)31/h1-11,19,21,26,29H,12H2,(H2,25,30)(H,28,31). The molecule has 2 atom stereocenters. The van der Waals surface area contributed by atoms with Gasteiger partial charge in [-0.25, -0.2) is 5.10 Å². The molecule has 3 aromatic carbocycles. The average Bonchev–Trinajstić information content (AvgIpc) is 2.81. The van der Waals surface area contributed by atoms with Gasteiger partial charge >= 0.3 is 0 Å². The number of primary amides is 1. The molecule has 0 saturated heterocycles. The number of H-pyrrole nitrogens is 1. The lowest BCUT2D eigenvalue weighted by Gasteiger charge is -2.34. The number of nitrogens with one attached hydrogen (secondary N) is 2. The third-order valence-electron chi connectivity index (χ3n) is 5.86. The fourth-order valence-electron chi connectivity index (χ4n) is 4.31. The Bertz CT molecular complexity index is 1340. The minimum atomic E-state index is -0.487. The summed E-state index contributed by atoms with van der Waals surface area (Å²) in [5.41, 5.74) is 9.96. The summed E-state index contributed by atoms with van der Waals surface area (Å²) in [4.78, 5) is 23.9. The van der Waals surface area contributed by atoms with E-state index in [4.69, 9.17) is 5.73 Å². The molecule has 7 heteroatoms. The first-order valence-corrected chi connectivity index (χ1v) is 9.94. The van der Waals surface area contributed by atoms with Crippen molar-refractivity contribution in [2.45, 2.75) is 18.6 Å². The van der Waals surface area contributed by atoms with Gasteiger partial charge in [0.05, 0.1) is 29.6 Å². The Kier molecular flexibility index (Phi) is 4.52. The van der Waals surface area contributed by atoms with Crippen molar-refractivity contribution in [3.8, 4) is 0 Å². The van der Waals surface area contributed by atoms with Crippen molar-refractivity contribution in [2.24, 2.45) is 5.73 Å². The van der Waals surface area contributed by atoms with Gasteiger partial charge in [-0.3, -0.25) is 9.59 Å². The number of carbonyl (C=O) groups is 1. The number of aliphatic hydroxyl groups excluding tert-OH is 1. The number of anilines is 1. The summed E-state index contributed by atoms with van der Waals surface area (Å²) >= 11 is 0. The number of amides is 1. The minimum absolute atomic E-state index is 0.0265. The Labute approximate surface area is 177 Å². The fraction of sp³-hybridized carbons (Fsp3) is 0.125. The third kappa shape index (κ3) is 3.15. The largest absolute Gasteiger partial charge is 0.392 e. The third-order valence-corrected chi connectivity index (χ3v) is 5.86. The quantitative estimate of drug-likeness (QED) is 0.411. The molecule has 0 aliphatic carbocycles. The first-order valence-electron chi connectivity index (χ1n) is 9.94. The molecule has 0 bridgehead atoms. The maximum absolute atomic E-state index is 12.4. The van der Waals surface area contributed by atoms with Crippen LogP contribution >= 0.6 is 0 Å². The molecule has 2 heterocycles. The predicted molar refractivity (Wildman–Crippen MR) is 118 cm³/mol. The van der Waals surface area contributed by atoms with E-state index < -0.39 is 5.91 Å². The summed E-state index contributed by atoms with van der Waals surface area (Å²) in [6.07, 6.45) is 0. The van der Waals surface area contributed by atoms with E-state index in [1.807, 2.05) is 48.5 Å². The van der Waals surface area contributed by atoms with Crippen molar-refractivity contribution in [3.05, 3.63) is 105 Å². The van der Waals surface area contributed by atoms with E-state index in [2.05, 4.69) is 15.5 Å². The van der Waals surface area contributed by atoms with Crippen LogP contribution in [0.2, 0.25) is 0 Å². The molecule has 1 aliphatic rings. The molecule has 1 aromatic heterocycles. The lowest BCUT2D eigenvalue weighted by molar-refractivity contribution is 0.100. The number of aromatic amines is 1. The lowest BCUT2D eigenvalue weighted by Crippen LogP contribution is -2.28. The zero-order valence-corrected chi connectivity index (χ0v) is 16.5. The Balaban J connectivity index is 1.73. The van der Waals surface area contributed by atoms with Crippen molar-refractivity contribution in [1.29, 1.82) is 0 Å². The Morgan fingerprint density at radius 3 is 2.39 bits per heavy atom. The molecule has 4 aromatic rings. The maximum atomic E-state index is 12.4. The van der Waals surface area contributed by atoms with E-state index >= 15 is 0 Å². The van der Waals surface area contributed by atoms with E-state index in [0.717, 1.165) is 33.5 Å². The molecule has 7 nitrogen and oxygen atoms in total. The molecular weight excluding hydrogens is 392 g/mol. The highest BCUT2D eigenvalue weighted by Crippen LogP contribution is 2.46. The highest BCUT2D eigenvalue weighted by atomic mass is 16.3. The van der Waals surface area contributed by atoms with Gasteiger partial charge in [0.1, 0.15) is 0 Å². The first kappa shape index (κ1) is 19.0. The lowest BCUT2D eigenvalue weighted by atomic mass is 9.79. The number of benzene rings is 3. The SMILES string of the molecule is NC(=O)c1ccc(C2c3n[nH]c(=O)c4cccc(c34)NC2c2ccc(CO)cc2)cc1. The van der Waals surface area contributed by atoms with E-state index in [1.54, 1.807) is 18.2 Å². The topological polar surface area (TPSA) is 121 Å². The summed E-state index contributed by atoms with van der Waals surface area (Å²) in [5, 5.41) is 21.4. The van der Waals surface area contributed by atoms with Gasteiger partial charge in [-0.1, -0.05) is 42.5 Å². The molecule has 0 radical (unpaired) electrons. The van der Waals surface area contributed by atoms with Crippen molar-refractivity contribution in [2.75, 3.05) is 5.32 Å². The summed E-state index contributed by atoms with van der Waals surface area (Å²) in [7, 11) is 0. The van der Waals surface area contributed by atoms with Crippen LogP contribution in [0.5, 0.6) is 0 Å². The summed E-state index contributed by atoms with van der Waals surface area (Å²) in [6.45, 7) is -0.0265. The van der Waals surface area contributed by atoms with Crippen molar-refractivity contribution >= 4 is 22.4 Å². The summed E-state index contributed by atoms with van der Waals surface area (Å²) < 4.78 is 0. The van der Waals surface area contributed by atoms with Gasteiger partial charge in [-0.2, -0.15) is 5.10 Å². The summed E-state index contributed by atoms with van der Waals surface area (Å²) in [6, 6.07) is 20.3. The average molecular weight is 412 g/mol. The predicted octanol–water partition coefficient (Wildman–Crippen LogP) is 2.81. The summed E-state index contributed by atoms with van der Waals surface area (Å²) in [5.74, 6) is -0.712. The van der Waals surface area contributed by atoms with Gasteiger partial charge < -0.3 is 16.2 Å². The van der Waals surface area contributed by atoms with Crippen LogP contribution in [-0.2, 0) is 6.61 Å². The number of nitrogens with two attached hydrogens (primary N) is 1. The second kappa shape index (κ2) is 7.37. The molecule has 0 fully saturated rings. The first-order chi connectivity index (χ1) is 15.1. The second-order valence-corrected chi connectivity index (χ2v) is 7.65. The highest BCUT2D eigenvalue weighted by molar-refractivity contribution is 5.97. The van der Waals surface area contributed by atoms with Crippen LogP contribution in [0, 0.1) is 0 Å². The van der Waals surface area contributed by atoms with E-state index in [9.17, 15) is 14.7 Å². The van der Waals surface area contributed by atoms with Crippen molar-refractivity contribution < 1.29 is 9.90 Å². The van der Waals surface area contributed by atoms with Crippen molar-refractivity contribution in [1.82, 2.24) is 10.2 Å². The molecule has 1 amide bonds. The van der Waals surface area contributed by atoms with Crippen LogP contribution < -0.4 is 16.6 Å². The highest BCUT2D eigenvalue weighted by Gasteiger charge is 2.34. The number of hydrogen-bond acceptors (Lipinski definition) is 5. The molecule has 5 rings (SSSR count). The van der Waals surface area contributed by atoms with Crippen LogP contribution in [-0.4, -0.2) is 21.2 Å². The molecule has 154 valence electrons.